The Morgan fingerprint density at radius 2 is 2.22 bits per heavy atom. The van der Waals surface area contributed by atoms with Crippen molar-refractivity contribution in [1.82, 2.24) is 0 Å². The van der Waals surface area contributed by atoms with Gasteiger partial charge in [-0.1, -0.05) is 40.3 Å². The predicted octanol–water partition coefficient (Wildman–Crippen LogP) is 4.99. The van der Waals surface area contributed by atoms with E-state index in [2.05, 4.69) is 51.8 Å². The molecule has 0 N–H and O–H groups in total. The molecule has 1 rings (SSSR count). The van der Waals surface area contributed by atoms with Crippen LogP contribution in [-0.4, -0.2) is 17.3 Å². The zero-order valence-electron chi connectivity index (χ0n) is 10.0. The maximum atomic E-state index is 6.02. The van der Waals surface area contributed by atoms with E-state index >= 15 is 0 Å². The van der Waals surface area contributed by atoms with Gasteiger partial charge in [-0.2, -0.15) is 0 Å². The topological polar surface area (TPSA) is 18.5 Å². The molecule has 0 radical (unpaired) electrons. The van der Waals surface area contributed by atoms with E-state index in [1.54, 1.807) is 6.08 Å². The second-order valence-corrected chi connectivity index (χ2v) is 5.98. The Kier molecular flexibility index (Phi) is 8.09. The maximum Gasteiger partial charge on any atom is 0.167 e. The summed E-state index contributed by atoms with van der Waals surface area (Å²) in [6.45, 7) is 6.41. The molecular formula is C13H15ClI2O2. The molecule has 2 nitrogen and oxygen atoms in total. The van der Waals surface area contributed by atoms with Gasteiger partial charge >= 0.3 is 0 Å². The van der Waals surface area contributed by atoms with Gasteiger partial charge < -0.3 is 9.47 Å². The zero-order valence-corrected chi connectivity index (χ0v) is 15.1. The third-order valence-corrected chi connectivity index (χ3v) is 4.19. The van der Waals surface area contributed by atoms with Gasteiger partial charge in [-0.15, -0.1) is 6.58 Å². The second-order valence-electron chi connectivity index (χ2n) is 3.50. The van der Waals surface area contributed by atoms with Crippen molar-refractivity contribution in [3.05, 3.63) is 45.0 Å². The van der Waals surface area contributed by atoms with Crippen LogP contribution in [0.15, 0.2) is 30.9 Å². The van der Waals surface area contributed by atoms with Gasteiger partial charge in [0, 0.05) is 15.2 Å². The average molecular weight is 493 g/mol. The summed E-state index contributed by atoms with van der Waals surface area (Å²) in [4.78, 5) is 0. The normalized spacial score (nSPS) is 14.2. The monoisotopic (exact) mass is 492 g/mol. The molecule has 1 aromatic rings. The van der Waals surface area contributed by atoms with Crippen LogP contribution in [0.1, 0.15) is 18.6 Å². The molecule has 0 aromatic heterocycles. The zero-order chi connectivity index (χ0) is 13.5. The highest BCUT2D eigenvalue weighted by molar-refractivity contribution is 14.1. The summed E-state index contributed by atoms with van der Waals surface area (Å²) in [5.74, 6) is 0. The molecule has 0 amide bonds. The van der Waals surface area contributed by atoms with Crippen LogP contribution in [0, 0.1) is 3.57 Å². The van der Waals surface area contributed by atoms with Gasteiger partial charge in [-0.3, -0.25) is 0 Å². The summed E-state index contributed by atoms with van der Waals surface area (Å²) in [5.41, 5.74) is 1.02. The van der Waals surface area contributed by atoms with Gasteiger partial charge in [-0.05, 0) is 53.3 Å². The molecule has 0 heterocycles. The van der Waals surface area contributed by atoms with Gasteiger partial charge in [0.2, 0.25) is 0 Å². The maximum absolute atomic E-state index is 6.02. The standard InChI is InChI=1S/C13H15ClI2O2/c1-3-12(18-13(8-15)17-4-2)10-7-9(14)5-6-11(10)16/h3,5-7,12-13H,1,4,8H2,2H3/t12-,13?/m0/s1. The van der Waals surface area contributed by atoms with E-state index in [0.29, 0.717) is 11.6 Å². The highest BCUT2D eigenvalue weighted by atomic mass is 127. The summed E-state index contributed by atoms with van der Waals surface area (Å²) in [5, 5.41) is 0.697. The SMILES string of the molecule is C=C[C@H](OC(CI)OCC)c1cc(Cl)ccc1I. The smallest absolute Gasteiger partial charge is 0.167 e. The van der Waals surface area contributed by atoms with Crippen molar-refractivity contribution in [1.29, 1.82) is 0 Å². The van der Waals surface area contributed by atoms with Crippen molar-refractivity contribution in [3.63, 3.8) is 0 Å². The van der Waals surface area contributed by atoms with Crippen LogP contribution in [0.25, 0.3) is 0 Å². The van der Waals surface area contributed by atoms with Crippen molar-refractivity contribution in [3.8, 4) is 0 Å². The van der Waals surface area contributed by atoms with Crippen molar-refractivity contribution in [2.75, 3.05) is 11.0 Å². The van der Waals surface area contributed by atoms with Crippen LogP contribution >= 0.6 is 56.8 Å². The van der Waals surface area contributed by atoms with Crippen molar-refractivity contribution >= 4 is 56.8 Å². The number of hydrogen-bond donors (Lipinski definition) is 0. The highest BCUT2D eigenvalue weighted by Gasteiger charge is 2.17. The minimum atomic E-state index is -0.228. The lowest BCUT2D eigenvalue weighted by atomic mass is 10.1. The summed E-state index contributed by atoms with van der Waals surface area (Å²) in [7, 11) is 0. The Hall–Kier alpha value is 0.630. The van der Waals surface area contributed by atoms with Gasteiger partial charge in [0.15, 0.2) is 6.29 Å². The Balaban J connectivity index is 2.88. The van der Waals surface area contributed by atoms with Crippen LogP contribution in [0.5, 0.6) is 0 Å². The molecule has 0 aliphatic rings. The predicted molar refractivity (Wildman–Crippen MR) is 92.5 cm³/mol. The molecule has 100 valence electrons. The Morgan fingerprint density at radius 3 is 2.78 bits per heavy atom. The van der Waals surface area contributed by atoms with Crippen LogP contribution in [0.3, 0.4) is 0 Å². The van der Waals surface area contributed by atoms with Gasteiger partial charge in [0.25, 0.3) is 0 Å². The van der Waals surface area contributed by atoms with Crippen LogP contribution < -0.4 is 0 Å². The lowest BCUT2D eigenvalue weighted by Crippen LogP contribution is -2.21. The number of hydrogen-bond acceptors (Lipinski definition) is 2. The number of alkyl halides is 1. The molecule has 18 heavy (non-hydrogen) atoms. The average Bonchev–Trinajstić information content (AvgIpc) is 2.37. The largest absolute Gasteiger partial charge is 0.352 e. The minimum absolute atomic E-state index is 0.207. The lowest BCUT2D eigenvalue weighted by Gasteiger charge is -2.22. The first-order chi connectivity index (χ1) is 8.62. The molecule has 0 aliphatic heterocycles. The van der Waals surface area contributed by atoms with E-state index in [1.165, 1.54) is 0 Å². The van der Waals surface area contributed by atoms with Gasteiger partial charge in [0.1, 0.15) is 6.10 Å². The van der Waals surface area contributed by atoms with Crippen molar-refractivity contribution in [2.45, 2.75) is 19.3 Å². The quantitative estimate of drug-likeness (QED) is 0.231. The van der Waals surface area contributed by atoms with E-state index in [9.17, 15) is 0 Å². The van der Waals surface area contributed by atoms with E-state index in [0.717, 1.165) is 13.6 Å². The van der Waals surface area contributed by atoms with E-state index in [1.807, 2.05) is 25.1 Å². The molecular weight excluding hydrogens is 477 g/mol. The van der Waals surface area contributed by atoms with Gasteiger partial charge in [0.05, 0.1) is 4.43 Å². The molecule has 0 bridgehead atoms. The summed E-state index contributed by atoms with van der Waals surface area (Å²) in [6, 6.07) is 5.75. The lowest BCUT2D eigenvalue weighted by molar-refractivity contribution is -0.142. The van der Waals surface area contributed by atoms with Crippen LogP contribution in [0.2, 0.25) is 5.02 Å². The Labute approximate surface area is 140 Å². The fraction of sp³-hybridized carbons (Fsp3) is 0.385. The first-order valence-corrected chi connectivity index (χ1v) is 8.51. The number of halogens is 3. The number of ether oxygens (including phenoxy) is 2. The van der Waals surface area contributed by atoms with E-state index < -0.39 is 0 Å². The second kappa shape index (κ2) is 8.73. The summed E-state index contributed by atoms with van der Waals surface area (Å²) < 4.78 is 13.3. The molecule has 1 unspecified atom stereocenters. The first-order valence-electron chi connectivity index (χ1n) is 5.52. The molecule has 0 spiro atoms. The van der Waals surface area contributed by atoms with Crippen molar-refractivity contribution < 1.29 is 9.47 Å². The molecule has 0 saturated heterocycles. The van der Waals surface area contributed by atoms with Crippen LogP contribution in [-0.2, 0) is 9.47 Å². The minimum Gasteiger partial charge on any atom is -0.352 e. The third-order valence-electron chi connectivity index (χ3n) is 2.26. The Morgan fingerprint density at radius 1 is 1.50 bits per heavy atom. The Bertz CT molecular complexity index is 399. The molecule has 0 fully saturated rings. The molecule has 0 aliphatic carbocycles. The number of benzene rings is 1. The van der Waals surface area contributed by atoms with Gasteiger partial charge in [-0.25, -0.2) is 0 Å². The molecule has 2 atom stereocenters. The summed E-state index contributed by atoms with van der Waals surface area (Å²) >= 11 is 10.5. The highest BCUT2D eigenvalue weighted by Crippen LogP contribution is 2.28. The first kappa shape index (κ1) is 16.7. The fourth-order valence-corrected chi connectivity index (χ4v) is 2.74. The fourth-order valence-electron chi connectivity index (χ4n) is 1.46. The molecule has 0 saturated carbocycles. The van der Waals surface area contributed by atoms with E-state index in [4.69, 9.17) is 21.1 Å². The molecule has 5 heteroatoms. The third kappa shape index (κ3) is 4.96. The van der Waals surface area contributed by atoms with Crippen molar-refractivity contribution in [2.24, 2.45) is 0 Å². The van der Waals surface area contributed by atoms with E-state index in [-0.39, 0.29) is 12.4 Å². The summed E-state index contributed by atoms with van der Waals surface area (Å²) in [6.07, 6.45) is 1.34. The molecule has 1 aromatic carbocycles. The number of rotatable bonds is 7. The van der Waals surface area contributed by atoms with Crippen LogP contribution in [0.4, 0.5) is 0 Å².